The number of fused-ring (bicyclic) bond motifs is 1. The van der Waals surface area contributed by atoms with E-state index >= 15 is 0 Å². The summed E-state index contributed by atoms with van der Waals surface area (Å²) >= 11 is 3.38. The number of likely N-dealkylation sites (tertiary alicyclic amines) is 1. The van der Waals surface area contributed by atoms with Gasteiger partial charge in [-0.15, -0.1) is 0 Å². The summed E-state index contributed by atoms with van der Waals surface area (Å²) in [6.07, 6.45) is 5.90. The molecule has 3 unspecified atom stereocenters. The molecule has 0 saturated carbocycles. The number of carbonyl (C=O) groups excluding carboxylic acids is 3. The monoisotopic (exact) mass is 561 g/mol. The van der Waals surface area contributed by atoms with Crippen LogP contribution in [0, 0.1) is 0 Å². The van der Waals surface area contributed by atoms with Crippen LogP contribution in [0.2, 0.25) is 0 Å². The fourth-order valence-electron chi connectivity index (χ4n) is 5.00. The number of carbonyl (C=O) groups is 3. The van der Waals surface area contributed by atoms with Gasteiger partial charge in [0.1, 0.15) is 11.7 Å². The van der Waals surface area contributed by atoms with Crippen LogP contribution in [0.3, 0.4) is 0 Å². The molecule has 1 aliphatic carbocycles. The number of amides is 3. The van der Waals surface area contributed by atoms with Crippen molar-refractivity contribution >= 4 is 39.5 Å². The second kappa shape index (κ2) is 11.3. The standard InChI is InChI=1S/C27H36BrN3O5/c1-27(2,3)36-26(34)30-16-21-23(17-30)35-22(15-24(32)29-20-11-9-19(28)10-12-20)25(33)31(21)14-13-18-7-5-4-6-8-18/h7,9-12,21-23H,4-6,8,13-17H2,1-3H3,(H,29,32). The summed E-state index contributed by atoms with van der Waals surface area (Å²) < 4.78 is 12.6. The minimum absolute atomic E-state index is 0.0796. The molecule has 0 radical (unpaired) electrons. The number of nitrogens with one attached hydrogen (secondary N) is 1. The van der Waals surface area contributed by atoms with Crippen LogP contribution in [0.4, 0.5) is 10.5 Å². The number of benzene rings is 1. The van der Waals surface area contributed by atoms with E-state index in [0.717, 1.165) is 23.7 Å². The third kappa shape index (κ3) is 6.88. The molecule has 1 aromatic carbocycles. The number of morpholine rings is 1. The van der Waals surface area contributed by atoms with E-state index in [0.29, 0.717) is 25.3 Å². The van der Waals surface area contributed by atoms with Gasteiger partial charge in [-0.3, -0.25) is 9.59 Å². The zero-order valence-electron chi connectivity index (χ0n) is 21.3. The van der Waals surface area contributed by atoms with E-state index in [9.17, 15) is 14.4 Å². The van der Waals surface area contributed by atoms with Gasteiger partial charge in [-0.2, -0.15) is 0 Å². The Balaban J connectivity index is 1.46. The lowest BCUT2D eigenvalue weighted by atomic mass is 9.96. The lowest BCUT2D eigenvalue weighted by Gasteiger charge is -2.40. The molecule has 2 saturated heterocycles. The van der Waals surface area contributed by atoms with Gasteiger partial charge in [0, 0.05) is 23.2 Å². The summed E-state index contributed by atoms with van der Waals surface area (Å²) in [5, 5.41) is 2.84. The van der Waals surface area contributed by atoms with Crippen molar-refractivity contribution in [2.24, 2.45) is 0 Å². The first kappa shape index (κ1) is 26.7. The Bertz CT molecular complexity index is 1000. The Morgan fingerprint density at radius 1 is 1.17 bits per heavy atom. The average Bonchev–Trinajstić information content (AvgIpc) is 3.24. The fraction of sp³-hybridized carbons (Fsp3) is 0.593. The minimum Gasteiger partial charge on any atom is -0.444 e. The highest BCUT2D eigenvalue weighted by Crippen LogP contribution is 2.30. The van der Waals surface area contributed by atoms with Crippen molar-refractivity contribution in [3.05, 3.63) is 40.4 Å². The van der Waals surface area contributed by atoms with Crippen LogP contribution in [0.15, 0.2) is 40.4 Å². The lowest BCUT2D eigenvalue weighted by molar-refractivity contribution is -0.168. The van der Waals surface area contributed by atoms with Gasteiger partial charge < -0.3 is 24.6 Å². The maximum atomic E-state index is 13.5. The number of hydrogen-bond acceptors (Lipinski definition) is 5. The van der Waals surface area contributed by atoms with Crippen LogP contribution in [-0.2, 0) is 19.1 Å². The molecular formula is C27H36BrN3O5. The molecule has 0 bridgehead atoms. The van der Waals surface area contributed by atoms with Crippen molar-refractivity contribution in [3.8, 4) is 0 Å². The second-order valence-corrected chi connectivity index (χ2v) is 11.7. The predicted molar refractivity (Wildman–Crippen MR) is 141 cm³/mol. The van der Waals surface area contributed by atoms with Crippen molar-refractivity contribution < 1.29 is 23.9 Å². The third-order valence-corrected chi connectivity index (χ3v) is 7.27. The molecule has 0 spiro atoms. The largest absolute Gasteiger partial charge is 0.444 e. The molecule has 3 aliphatic rings. The molecule has 4 rings (SSSR count). The highest BCUT2D eigenvalue weighted by molar-refractivity contribution is 9.10. The quantitative estimate of drug-likeness (QED) is 0.500. The van der Waals surface area contributed by atoms with Crippen LogP contribution < -0.4 is 5.32 Å². The van der Waals surface area contributed by atoms with Crippen molar-refractivity contribution in [2.45, 2.75) is 83.1 Å². The van der Waals surface area contributed by atoms with E-state index in [1.807, 2.05) is 37.8 Å². The Morgan fingerprint density at radius 3 is 2.58 bits per heavy atom. The molecule has 0 aromatic heterocycles. The summed E-state index contributed by atoms with van der Waals surface area (Å²) in [5.41, 5.74) is 1.42. The topological polar surface area (TPSA) is 88.2 Å². The Hall–Kier alpha value is -2.39. The van der Waals surface area contributed by atoms with Crippen molar-refractivity contribution in [3.63, 3.8) is 0 Å². The first-order valence-electron chi connectivity index (χ1n) is 12.8. The number of rotatable bonds is 6. The number of anilines is 1. The van der Waals surface area contributed by atoms with Crippen molar-refractivity contribution in [1.29, 1.82) is 0 Å². The lowest BCUT2D eigenvalue weighted by Crippen LogP contribution is -2.58. The van der Waals surface area contributed by atoms with Gasteiger partial charge in [0.15, 0.2) is 0 Å². The molecular weight excluding hydrogens is 526 g/mol. The fourth-order valence-corrected chi connectivity index (χ4v) is 5.27. The summed E-state index contributed by atoms with van der Waals surface area (Å²) in [4.78, 5) is 42.5. The summed E-state index contributed by atoms with van der Waals surface area (Å²) in [5.74, 6) is -0.476. The Morgan fingerprint density at radius 2 is 1.92 bits per heavy atom. The van der Waals surface area contributed by atoms with Gasteiger partial charge in [0.2, 0.25) is 5.91 Å². The smallest absolute Gasteiger partial charge is 0.410 e. The maximum Gasteiger partial charge on any atom is 0.410 e. The molecule has 36 heavy (non-hydrogen) atoms. The van der Waals surface area contributed by atoms with Crippen molar-refractivity contribution in [1.82, 2.24) is 9.80 Å². The third-order valence-electron chi connectivity index (χ3n) is 6.74. The summed E-state index contributed by atoms with van der Waals surface area (Å²) in [7, 11) is 0. The molecule has 1 N–H and O–H groups in total. The van der Waals surface area contributed by atoms with E-state index in [1.54, 1.807) is 17.0 Å². The molecule has 1 aromatic rings. The maximum absolute atomic E-state index is 13.5. The van der Waals surface area contributed by atoms with Gasteiger partial charge >= 0.3 is 6.09 Å². The van der Waals surface area contributed by atoms with Crippen LogP contribution in [0.1, 0.15) is 59.3 Å². The second-order valence-electron chi connectivity index (χ2n) is 10.8. The van der Waals surface area contributed by atoms with E-state index < -0.39 is 17.8 Å². The molecule has 2 fully saturated rings. The number of allylic oxidation sites excluding steroid dienone is 1. The van der Waals surface area contributed by atoms with Gasteiger partial charge in [-0.1, -0.05) is 27.6 Å². The highest BCUT2D eigenvalue weighted by Gasteiger charge is 2.49. The zero-order valence-corrected chi connectivity index (χ0v) is 22.9. The number of halogens is 1. The normalized spacial score (nSPS) is 24.3. The number of ether oxygens (including phenoxy) is 2. The summed E-state index contributed by atoms with van der Waals surface area (Å²) in [6.45, 7) is 6.75. The Labute approximate surface area is 221 Å². The van der Waals surface area contributed by atoms with Crippen LogP contribution in [0.5, 0.6) is 0 Å². The van der Waals surface area contributed by atoms with Crippen LogP contribution in [0.25, 0.3) is 0 Å². The van der Waals surface area contributed by atoms with E-state index in [2.05, 4.69) is 27.3 Å². The first-order valence-corrected chi connectivity index (χ1v) is 13.6. The van der Waals surface area contributed by atoms with Crippen LogP contribution in [-0.4, -0.2) is 71.2 Å². The Kier molecular flexibility index (Phi) is 8.40. The molecule has 3 amide bonds. The van der Waals surface area contributed by atoms with Gasteiger partial charge in [-0.25, -0.2) is 4.79 Å². The first-order chi connectivity index (χ1) is 17.1. The SMILES string of the molecule is CC(C)(C)OC(=O)N1CC2OC(CC(=O)Nc3ccc(Br)cc3)C(=O)N(CCC3=CCCCC3)C2C1. The highest BCUT2D eigenvalue weighted by atomic mass is 79.9. The molecule has 9 heteroatoms. The van der Waals surface area contributed by atoms with Crippen LogP contribution >= 0.6 is 15.9 Å². The molecule has 3 atom stereocenters. The van der Waals surface area contributed by atoms with Gasteiger partial charge in [0.25, 0.3) is 5.91 Å². The molecule has 2 heterocycles. The van der Waals surface area contributed by atoms with E-state index in [4.69, 9.17) is 9.47 Å². The minimum atomic E-state index is -0.888. The number of nitrogens with zero attached hydrogens (tertiary/aromatic N) is 2. The zero-order chi connectivity index (χ0) is 25.9. The van der Waals surface area contributed by atoms with E-state index in [1.165, 1.54) is 18.4 Å². The number of hydrogen-bond donors (Lipinski definition) is 1. The predicted octanol–water partition coefficient (Wildman–Crippen LogP) is 4.88. The average molecular weight is 563 g/mol. The van der Waals surface area contributed by atoms with E-state index in [-0.39, 0.29) is 30.4 Å². The molecule has 8 nitrogen and oxygen atoms in total. The molecule has 196 valence electrons. The van der Waals surface area contributed by atoms with Crippen molar-refractivity contribution in [2.75, 3.05) is 25.0 Å². The van der Waals surface area contributed by atoms with Gasteiger partial charge in [0.05, 0.1) is 25.1 Å². The molecule has 2 aliphatic heterocycles. The summed E-state index contributed by atoms with van der Waals surface area (Å²) in [6, 6.07) is 7.02. The van der Waals surface area contributed by atoms with Gasteiger partial charge in [-0.05, 0) is 77.1 Å².